The number of rotatable bonds is 5. The largest absolute Gasteiger partial charge is 0.485 e. The summed E-state index contributed by atoms with van der Waals surface area (Å²) in [6, 6.07) is 10.7. The number of nitrogens with zero attached hydrogens (tertiary/aromatic N) is 2. The molecule has 1 atom stereocenters. The van der Waals surface area contributed by atoms with Crippen LogP contribution >= 0.6 is 11.6 Å². The Balaban J connectivity index is 1.75. The van der Waals surface area contributed by atoms with Gasteiger partial charge in [0.2, 0.25) is 5.75 Å². The molecule has 2 aliphatic rings. The van der Waals surface area contributed by atoms with Crippen LogP contribution in [0.25, 0.3) is 0 Å². The van der Waals surface area contributed by atoms with Crippen molar-refractivity contribution in [2.75, 3.05) is 26.2 Å². The zero-order valence-electron chi connectivity index (χ0n) is 17.0. The van der Waals surface area contributed by atoms with Gasteiger partial charge < -0.3 is 9.64 Å². The lowest BCUT2D eigenvalue weighted by molar-refractivity contribution is -0.386. The highest BCUT2D eigenvalue weighted by Gasteiger charge is 2.47. The highest BCUT2D eigenvalue weighted by molar-refractivity contribution is 6.30. The second kappa shape index (κ2) is 8.36. The molecular weight excluding hydrogens is 404 g/mol. The van der Waals surface area contributed by atoms with E-state index in [4.69, 9.17) is 16.3 Å². The van der Waals surface area contributed by atoms with E-state index in [9.17, 15) is 14.9 Å². The average Bonchev–Trinajstić information content (AvgIpc) is 2.73. The van der Waals surface area contributed by atoms with Crippen molar-refractivity contribution in [2.24, 2.45) is 5.41 Å². The van der Waals surface area contributed by atoms with Crippen LogP contribution in [-0.2, 0) is 6.42 Å². The summed E-state index contributed by atoms with van der Waals surface area (Å²) in [6.45, 7) is 4.38. The number of carbonyl (C=O) groups excluding carboxylic acids is 1. The molecule has 0 N–H and O–H groups in total. The summed E-state index contributed by atoms with van der Waals surface area (Å²) in [5.41, 5.74) is 1.06. The maximum atomic E-state index is 13.9. The van der Waals surface area contributed by atoms with Crippen LogP contribution in [0.4, 0.5) is 5.69 Å². The molecule has 0 bridgehead atoms. The quantitative estimate of drug-likeness (QED) is 0.503. The van der Waals surface area contributed by atoms with Gasteiger partial charge in [0.1, 0.15) is 6.61 Å². The van der Waals surface area contributed by atoms with Crippen LogP contribution in [0, 0.1) is 22.5 Å². The molecule has 158 valence electrons. The normalized spacial score (nSPS) is 21.7. The van der Waals surface area contributed by atoms with Gasteiger partial charge in [0.05, 0.1) is 15.9 Å². The molecule has 0 amide bonds. The van der Waals surface area contributed by atoms with Gasteiger partial charge in [-0.1, -0.05) is 30.2 Å². The van der Waals surface area contributed by atoms with E-state index in [1.54, 1.807) is 13.0 Å². The van der Waals surface area contributed by atoms with Crippen molar-refractivity contribution < 1.29 is 14.5 Å². The molecule has 1 unspecified atom stereocenters. The van der Waals surface area contributed by atoms with Crippen molar-refractivity contribution in [3.63, 3.8) is 0 Å². The number of benzene rings is 2. The predicted molar refractivity (Wildman–Crippen MR) is 116 cm³/mol. The Morgan fingerprint density at radius 1 is 1.17 bits per heavy atom. The van der Waals surface area contributed by atoms with Gasteiger partial charge in [0.25, 0.3) is 0 Å². The number of aryl methyl sites for hydroxylation is 1. The zero-order valence-corrected chi connectivity index (χ0v) is 17.8. The first kappa shape index (κ1) is 20.8. The van der Waals surface area contributed by atoms with Crippen molar-refractivity contribution in [2.45, 2.75) is 32.6 Å². The fourth-order valence-electron chi connectivity index (χ4n) is 4.61. The molecule has 4 rings (SSSR count). The lowest BCUT2D eigenvalue weighted by atomic mass is 9.73. The molecule has 30 heavy (non-hydrogen) atoms. The predicted octanol–water partition coefficient (Wildman–Crippen LogP) is 4.85. The number of nitro groups is 1. The second-order valence-electron chi connectivity index (χ2n) is 8.46. The van der Waals surface area contributed by atoms with Crippen molar-refractivity contribution >= 4 is 23.1 Å². The third-order valence-electron chi connectivity index (χ3n) is 6.06. The number of hydrogen-bond donors (Lipinski definition) is 0. The first-order chi connectivity index (χ1) is 14.4. The number of halogens is 1. The number of ether oxygens (including phenoxy) is 1. The van der Waals surface area contributed by atoms with E-state index in [-0.39, 0.29) is 23.8 Å². The van der Waals surface area contributed by atoms with Gasteiger partial charge in [-0.2, -0.15) is 0 Å². The number of piperidine rings is 1. The highest BCUT2D eigenvalue weighted by atomic mass is 35.5. The summed E-state index contributed by atoms with van der Waals surface area (Å²) >= 11 is 6.04. The SMILES string of the molecule is Cc1cc2c(c([N+](=O)[O-])c1)OCC(Cc1ccc(Cl)cc1)(CN1CCCCC1)C2=O. The van der Waals surface area contributed by atoms with E-state index in [2.05, 4.69) is 4.90 Å². The molecule has 1 saturated heterocycles. The van der Waals surface area contributed by atoms with Gasteiger partial charge in [-0.05, 0) is 68.6 Å². The van der Waals surface area contributed by atoms with Crippen LogP contribution in [0.2, 0.25) is 5.02 Å². The number of nitro benzene ring substituents is 1. The molecule has 2 aromatic rings. The van der Waals surface area contributed by atoms with Gasteiger partial charge in [-0.3, -0.25) is 14.9 Å². The number of fused-ring (bicyclic) bond motifs is 1. The molecule has 2 aromatic carbocycles. The minimum Gasteiger partial charge on any atom is -0.485 e. The van der Waals surface area contributed by atoms with Crippen LogP contribution in [0.3, 0.4) is 0 Å². The molecule has 2 aliphatic heterocycles. The van der Waals surface area contributed by atoms with Gasteiger partial charge in [-0.15, -0.1) is 0 Å². The molecule has 6 nitrogen and oxygen atoms in total. The maximum Gasteiger partial charge on any atom is 0.311 e. The fraction of sp³-hybridized carbons (Fsp3) is 0.435. The summed E-state index contributed by atoms with van der Waals surface area (Å²) in [4.78, 5) is 27.2. The molecule has 1 fully saturated rings. The topological polar surface area (TPSA) is 72.7 Å². The fourth-order valence-corrected chi connectivity index (χ4v) is 4.74. The van der Waals surface area contributed by atoms with Gasteiger partial charge in [-0.25, -0.2) is 0 Å². The van der Waals surface area contributed by atoms with Crippen molar-refractivity contribution in [3.8, 4) is 5.75 Å². The van der Waals surface area contributed by atoms with E-state index in [1.165, 1.54) is 12.5 Å². The maximum absolute atomic E-state index is 13.9. The monoisotopic (exact) mass is 428 g/mol. The number of hydrogen-bond acceptors (Lipinski definition) is 5. The first-order valence-electron chi connectivity index (χ1n) is 10.3. The lowest BCUT2D eigenvalue weighted by Crippen LogP contribution is -2.51. The molecule has 0 aromatic heterocycles. The van der Waals surface area contributed by atoms with Crippen LogP contribution in [0.1, 0.15) is 40.7 Å². The number of carbonyl (C=O) groups is 1. The third-order valence-corrected chi connectivity index (χ3v) is 6.31. The molecular formula is C23H25ClN2O4. The zero-order chi connectivity index (χ0) is 21.3. The van der Waals surface area contributed by atoms with E-state index < -0.39 is 10.3 Å². The average molecular weight is 429 g/mol. The van der Waals surface area contributed by atoms with Gasteiger partial charge in [0, 0.05) is 17.6 Å². The first-order valence-corrected chi connectivity index (χ1v) is 10.7. The second-order valence-corrected chi connectivity index (χ2v) is 8.89. The Morgan fingerprint density at radius 3 is 2.53 bits per heavy atom. The summed E-state index contributed by atoms with van der Waals surface area (Å²) in [7, 11) is 0. The van der Waals surface area contributed by atoms with Crippen LogP contribution in [0.5, 0.6) is 5.75 Å². The summed E-state index contributed by atoms with van der Waals surface area (Å²) in [5, 5.41) is 12.2. The molecule has 0 aliphatic carbocycles. The van der Waals surface area contributed by atoms with E-state index in [1.807, 2.05) is 24.3 Å². The Hall–Kier alpha value is -2.44. The third kappa shape index (κ3) is 4.07. The van der Waals surface area contributed by atoms with Crippen molar-refractivity contribution in [1.82, 2.24) is 4.90 Å². The smallest absolute Gasteiger partial charge is 0.311 e. The summed E-state index contributed by atoms with van der Waals surface area (Å²) in [5.74, 6) is 0.0250. The van der Waals surface area contributed by atoms with Crippen LogP contribution in [0.15, 0.2) is 36.4 Å². The number of likely N-dealkylation sites (tertiary alicyclic amines) is 1. The molecule has 0 saturated carbocycles. The Kier molecular flexibility index (Phi) is 5.80. The summed E-state index contributed by atoms with van der Waals surface area (Å²) in [6.07, 6.45) is 3.94. The Bertz CT molecular complexity index is 970. The standard InChI is InChI=1S/C23H25ClN2O4/c1-16-11-19-21(20(12-16)26(28)29)30-15-23(22(19)27,14-25-9-3-2-4-10-25)13-17-5-7-18(24)8-6-17/h5-8,11-12H,2-4,9-10,13-15H2,1H3. The van der Waals surface area contributed by atoms with Crippen molar-refractivity contribution in [3.05, 3.63) is 68.2 Å². The van der Waals surface area contributed by atoms with Crippen LogP contribution < -0.4 is 4.74 Å². The lowest BCUT2D eigenvalue weighted by Gasteiger charge is -2.41. The van der Waals surface area contributed by atoms with E-state index in [0.29, 0.717) is 29.1 Å². The molecule has 7 heteroatoms. The van der Waals surface area contributed by atoms with Crippen LogP contribution in [-0.4, -0.2) is 41.8 Å². The van der Waals surface area contributed by atoms with Gasteiger partial charge >= 0.3 is 5.69 Å². The minimum absolute atomic E-state index is 0.0731. The highest BCUT2D eigenvalue weighted by Crippen LogP contribution is 2.43. The van der Waals surface area contributed by atoms with Gasteiger partial charge in [0.15, 0.2) is 5.78 Å². The molecule has 0 radical (unpaired) electrons. The molecule has 2 heterocycles. The molecule has 0 spiro atoms. The van der Waals surface area contributed by atoms with E-state index >= 15 is 0 Å². The van der Waals surface area contributed by atoms with Crippen molar-refractivity contribution in [1.29, 1.82) is 0 Å². The number of Topliss-reactive ketones (excluding diaryl/α,β-unsaturated/α-hetero) is 1. The van der Waals surface area contributed by atoms with E-state index in [0.717, 1.165) is 31.5 Å². The minimum atomic E-state index is -0.792. The summed E-state index contributed by atoms with van der Waals surface area (Å²) < 4.78 is 5.98. The number of ketones is 1. The Labute approximate surface area is 180 Å². The Morgan fingerprint density at radius 2 is 1.87 bits per heavy atom.